The van der Waals surface area contributed by atoms with Crippen LogP contribution < -0.4 is 10.1 Å². The molecule has 1 aliphatic heterocycles. The van der Waals surface area contributed by atoms with Gasteiger partial charge >= 0.3 is 12.1 Å². The van der Waals surface area contributed by atoms with Crippen molar-refractivity contribution in [2.24, 2.45) is 0 Å². The lowest BCUT2D eigenvalue weighted by atomic mass is 9.95. The monoisotopic (exact) mass is 644 g/mol. The number of nitrogens with one attached hydrogen (secondary N) is 1. The highest BCUT2D eigenvalue weighted by Crippen LogP contribution is 2.31. The Morgan fingerprint density at radius 3 is 2.40 bits per heavy atom. The number of carbonyl (C=O) groups is 2. The molecule has 47 heavy (non-hydrogen) atoms. The molecule has 3 aromatic carbocycles. The summed E-state index contributed by atoms with van der Waals surface area (Å²) in [5, 5.41) is 2.75. The van der Waals surface area contributed by atoms with Crippen molar-refractivity contribution in [2.45, 2.75) is 97.6 Å². The zero-order valence-corrected chi connectivity index (χ0v) is 29.0. The van der Waals surface area contributed by atoms with Crippen molar-refractivity contribution in [3.05, 3.63) is 94.8 Å². The number of hydrogen-bond acceptors (Lipinski definition) is 6. The highest BCUT2D eigenvalue weighted by Gasteiger charge is 2.22. The Kier molecular flexibility index (Phi) is 11.5. The number of amides is 1. The molecule has 1 heterocycles. The smallest absolute Gasteiger partial charge is 0.408 e. The van der Waals surface area contributed by atoms with Gasteiger partial charge in [-0.2, -0.15) is 0 Å². The summed E-state index contributed by atoms with van der Waals surface area (Å²) in [6, 6.07) is 18.3. The van der Waals surface area contributed by atoms with Crippen LogP contribution in [0.4, 0.5) is 9.18 Å². The Balaban J connectivity index is 1.63. The van der Waals surface area contributed by atoms with E-state index in [1.807, 2.05) is 63.2 Å². The molecular weight excluding hydrogens is 595 g/mol. The molecule has 1 fully saturated rings. The van der Waals surface area contributed by atoms with E-state index in [1.54, 1.807) is 45.9 Å². The zero-order chi connectivity index (χ0) is 34.4. The minimum absolute atomic E-state index is 0.0872. The number of nitrogens with zero attached hydrogens (tertiary/aromatic N) is 1. The van der Waals surface area contributed by atoms with Gasteiger partial charge in [-0.3, -0.25) is 9.69 Å². The zero-order valence-electron chi connectivity index (χ0n) is 29.0. The minimum Gasteiger partial charge on any atom is -0.489 e. The lowest BCUT2D eigenvalue weighted by Crippen LogP contribution is -2.34. The fourth-order valence-corrected chi connectivity index (χ4v) is 5.61. The number of ether oxygens (including phenoxy) is 3. The highest BCUT2D eigenvalue weighted by atomic mass is 19.1. The third kappa shape index (κ3) is 10.7. The Labute approximate surface area is 279 Å². The van der Waals surface area contributed by atoms with Crippen molar-refractivity contribution < 1.29 is 28.2 Å². The molecule has 0 aromatic heterocycles. The lowest BCUT2D eigenvalue weighted by molar-refractivity contribution is -0.153. The molecule has 1 saturated heterocycles. The molecule has 1 N–H and O–H groups in total. The van der Waals surface area contributed by atoms with Crippen molar-refractivity contribution in [3.8, 4) is 16.9 Å². The summed E-state index contributed by atoms with van der Waals surface area (Å²) in [5.41, 5.74) is 2.72. The first-order valence-electron chi connectivity index (χ1n) is 16.3. The molecule has 2 atom stereocenters. The second-order valence-electron chi connectivity index (χ2n) is 14.2. The maximum atomic E-state index is 16.2. The molecule has 0 saturated carbocycles. The van der Waals surface area contributed by atoms with Gasteiger partial charge < -0.3 is 19.5 Å². The van der Waals surface area contributed by atoms with Crippen LogP contribution in [0, 0.1) is 5.82 Å². The average Bonchev–Trinajstić information content (AvgIpc) is 3.38. The summed E-state index contributed by atoms with van der Waals surface area (Å²) in [6.45, 7) is 13.9. The summed E-state index contributed by atoms with van der Waals surface area (Å²) < 4.78 is 33.4. The second kappa shape index (κ2) is 15.2. The Morgan fingerprint density at radius 2 is 1.72 bits per heavy atom. The molecule has 252 valence electrons. The summed E-state index contributed by atoms with van der Waals surface area (Å²) in [7, 11) is 2.12. The van der Waals surface area contributed by atoms with E-state index in [9.17, 15) is 9.59 Å². The Bertz CT molecular complexity index is 1590. The van der Waals surface area contributed by atoms with E-state index in [4.69, 9.17) is 14.2 Å². The van der Waals surface area contributed by atoms with Gasteiger partial charge in [-0.25, -0.2) is 9.18 Å². The van der Waals surface area contributed by atoms with E-state index in [0.29, 0.717) is 28.5 Å². The van der Waals surface area contributed by atoms with E-state index in [1.165, 1.54) is 0 Å². The largest absolute Gasteiger partial charge is 0.489 e. The lowest BCUT2D eigenvalue weighted by Gasteiger charge is -2.22. The van der Waals surface area contributed by atoms with Crippen molar-refractivity contribution in [2.75, 3.05) is 13.6 Å². The third-order valence-electron chi connectivity index (χ3n) is 7.76. The van der Waals surface area contributed by atoms with Crippen LogP contribution in [0.15, 0.2) is 66.7 Å². The van der Waals surface area contributed by atoms with Crippen LogP contribution in [0.5, 0.6) is 5.75 Å². The molecule has 0 aliphatic carbocycles. The van der Waals surface area contributed by atoms with Gasteiger partial charge in [-0.1, -0.05) is 48.6 Å². The molecule has 7 nitrogen and oxygen atoms in total. The number of rotatable bonds is 10. The van der Waals surface area contributed by atoms with Crippen molar-refractivity contribution in [1.29, 1.82) is 0 Å². The van der Waals surface area contributed by atoms with Crippen LogP contribution in [-0.2, 0) is 27.3 Å². The molecule has 0 radical (unpaired) electrons. The standard InChI is InChI=1S/C39H49FN2O5/c1-26(41-37(44)47-39(5,6)7)32-15-11-16-33(36(32)40)30-22-27(18-19-31-14-12-20-42(31)8)21-28(23-30)25-45-34-17-10-9-13-29(34)24-35(43)46-38(2,3)4/h9-11,13,15-19,21-23,26,31H,12,14,20,24-25H2,1-8H3,(H,41,44). The second-order valence-corrected chi connectivity index (χ2v) is 14.2. The van der Waals surface area contributed by atoms with E-state index in [0.717, 1.165) is 36.1 Å². The van der Waals surface area contributed by atoms with Crippen LogP contribution in [0.3, 0.4) is 0 Å². The van der Waals surface area contributed by atoms with Crippen LogP contribution in [0.1, 0.15) is 89.6 Å². The number of benzene rings is 3. The van der Waals surface area contributed by atoms with Gasteiger partial charge in [-0.05, 0) is 116 Å². The maximum Gasteiger partial charge on any atom is 0.408 e. The number of carbonyl (C=O) groups excluding carboxylic acids is 2. The molecule has 8 heteroatoms. The van der Waals surface area contributed by atoms with Gasteiger partial charge in [0.2, 0.25) is 0 Å². The highest BCUT2D eigenvalue weighted by molar-refractivity contribution is 5.74. The first-order chi connectivity index (χ1) is 22.1. The van der Waals surface area contributed by atoms with Crippen LogP contribution in [-0.4, -0.2) is 47.8 Å². The van der Waals surface area contributed by atoms with Crippen LogP contribution in [0.2, 0.25) is 0 Å². The van der Waals surface area contributed by atoms with Gasteiger partial charge in [0.15, 0.2) is 0 Å². The van der Waals surface area contributed by atoms with E-state index in [2.05, 4.69) is 29.4 Å². The Hall–Kier alpha value is -4.17. The number of para-hydroxylation sites is 1. The number of alkyl carbamates (subject to hydrolysis) is 1. The first-order valence-corrected chi connectivity index (χ1v) is 16.3. The average molecular weight is 645 g/mol. The summed E-state index contributed by atoms with van der Waals surface area (Å²) in [5.74, 6) is -0.156. The van der Waals surface area contributed by atoms with E-state index < -0.39 is 29.2 Å². The molecule has 2 unspecified atom stereocenters. The summed E-state index contributed by atoms with van der Waals surface area (Å²) in [4.78, 5) is 27.3. The van der Waals surface area contributed by atoms with Crippen molar-refractivity contribution >= 4 is 18.1 Å². The minimum atomic E-state index is -0.666. The topological polar surface area (TPSA) is 77.1 Å². The molecule has 1 aliphatic rings. The van der Waals surface area contributed by atoms with Crippen LogP contribution in [0.25, 0.3) is 17.2 Å². The molecule has 0 spiro atoms. The van der Waals surface area contributed by atoms with E-state index >= 15 is 4.39 Å². The maximum absolute atomic E-state index is 16.2. The quantitative estimate of drug-likeness (QED) is 0.223. The fourth-order valence-electron chi connectivity index (χ4n) is 5.61. The predicted octanol–water partition coefficient (Wildman–Crippen LogP) is 8.65. The van der Waals surface area contributed by atoms with Gasteiger partial charge in [0, 0.05) is 22.7 Å². The van der Waals surface area contributed by atoms with E-state index in [-0.39, 0.29) is 19.0 Å². The summed E-state index contributed by atoms with van der Waals surface area (Å²) in [6.07, 6.45) is 6.02. The van der Waals surface area contributed by atoms with Crippen molar-refractivity contribution in [3.63, 3.8) is 0 Å². The predicted molar refractivity (Wildman–Crippen MR) is 185 cm³/mol. The number of hydrogen-bond donors (Lipinski definition) is 1. The third-order valence-corrected chi connectivity index (χ3v) is 7.76. The normalized spacial score (nSPS) is 16.2. The molecule has 4 rings (SSSR count). The van der Waals surface area contributed by atoms with Gasteiger partial charge in [-0.15, -0.1) is 0 Å². The number of esters is 1. The summed E-state index contributed by atoms with van der Waals surface area (Å²) >= 11 is 0. The SMILES string of the molecule is CC(NC(=O)OC(C)(C)C)c1cccc(-c2cc(C=CC3CCCN3C)cc(COc3ccccc3CC(=O)OC(C)(C)C)c2)c1F. The number of likely N-dealkylation sites (N-methyl/N-ethyl adjacent to an activating group) is 1. The van der Waals surface area contributed by atoms with Gasteiger partial charge in [0.1, 0.15) is 29.4 Å². The first kappa shape index (κ1) is 35.7. The van der Waals surface area contributed by atoms with Gasteiger partial charge in [0.25, 0.3) is 0 Å². The molecule has 0 bridgehead atoms. The number of halogens is 1. The Morgan fingerprint density at radius 1 is 1.00 bits per heavy atom. The molecule has 3 aromatic rings. The van der Waals surface area contributed by atoms with Crippen molar-refractivity contribution in [1.82, 2.24) is 10.2 Å². The molecule has 1 amide bonds. The number of likely N-dealkylation sites (tertiary alicyclic amines) is 1. The van der Waals surface area contributed by atoms with Crippen LogP contribution >= 0.6 is 0 Å². The van der Waals surface area contributed by atoms with Gasteiger partial charge in [0.05, 0.1) is 12.5 Å². The fraction of sp³-hybridized carbons (Fsp3) is 0.436. The molecular formula is C39H49FN2O5.